The maximum absolute atomic E-state index is 13.2. The number of halogens is 1. The molecule has 1 atom stereocenters. The normalized spacial score (nSPS) is 13.4. The molecular formula is C13H18FNO4S. The highest BCUT2D eigenvalue weighted by atomic mass is 32.2. The van der Waals surface area contributed by atoms with Crippen LogP contribution in [-0.2, 0) is 10.0 Å². The summed E-state index contributed by atoms with van der Waals surface area (Å²) < 4.78 is 39.9. The molecule has 0 aliphatic heterocycles. The highest BCUT2D eigenvalue weighted by Gasteiger charge is 2.21. The molecule has 1 aromatic rings. The van der Waals surface area contributed by atoms with E-state index < -0.39 is 27.4 Å². The summed E-state index contributed by atoms with van der Waals surface area (Å²) in [5, 5.41) is 8.80. The van der Waals surface area contributed by atoms with Gasteiger partial charge in [0.25, 0.3) is 0 Å². The highest BCUT2D eigenvalue weighted by molar-refractivity contribution is 7.89. The Balaban J connectivity index is 3.04. The van der Waals surface area contributed by atoms with Crippen LogP contribution in [0.1, 0.15) is 37.6 Å². The summed E-state index contributed by atoms with van der Waals surface area (Å²) in [4.78, 5) is 10.6. The Morgan fingerprint density at radius 3 is 2.45 bits per heavy atom. The van der Waals surface area contributed by atoms with Crippen LogP contribution in [0.2, 0.25) is 0 Å². The van der Waals surface area contributed by atoms with Gasteiger partial charge in [-0.2, -0.15) is 0 Å². The quantitative estimate of drug-likeness (QED) is 0.844. The Morgan fingerprint density at radius 1 is 1.35 bits per heavy atom. The second-order valence-corrected chi connectivity index (χ2v) is 6.81. The van der Waals surface area contributed by atoms with Crippen molar-refractivity contribution in [1.29, 1.82) is 0 Å². The van der Waals surface area contributed by atoms with Crippen LogP contribution in [0.5, 0.6) is 0 Å². The second kappa shape index (κ2) is 6.32. The molecule has 0 saturated carbocycles. The topological polar surface area (TPSA) is 83.5 Å². The molecular weight excluding hydrogens is 285 g/mol. The SMILES string of the molecule is CC(C)CC(C)NS(=O)(=O)c1ccc(F)c(C(=O)O)c1. The lowest BCUT2D eigenvalue weighted by molar-refractivity contribution is 0.0691. The van der Waals surface area contributed by atoms with Crippen molar-refractivity contribution in [2.75, 3.05) is 0 Å². The Morgan fingerprint density at radius 2 is 1.95 bits per heavy atom. The van der Waals surface area contributed by atoms with Crippen molar-refractivity contribution in [2.24, 2.45) is 5.92 Å². The zero-order valence-electron chi connectivity index (χ0n) is 11.6. The van der Waals surface area contributed by atoms with Gasteiger partial charge < -0.3 is 5.11 Å². The standard InChI is InChI=1S/C13H18FNO4S/c1-8(2)6-9(3)15-20(18,19)10-4-5-12(14)11(7-10)13(16)17/h4-5,7-9,15H,6H2,1-3H3,(H,16,17). The third-order valence-corrected chi connectivity index (χ3v) is 4.25. The van der Waals surface area contributed by atoms with Crippen LogP contribution < -0.4 is 4.72 Å². The average molecular weight is 303 g/mol. The van der Waals surface area contributed by atoms with Crippen molar-refractivity contribution in [3.05, 3.63) is 29.6 Å². The molecule has 0 aromatic heterocycles. The summed E-state index contributed by atoms with van der Waals surface area (Å²) in [5.74, 6) is -2.16. The van der Waals surface area contributed by atoms with Gasteiger partial charge in [0.2, 0.25) is 10.0 Å². The lowest BCUT2D eigenvalue weighted by atomic mass is 10.1. The van der Waals surface area contributed by atoms with E-state index in [2.05, 4.69) is 4.72 Å². The zero-order valence-corrected chi connectivity index (χ0v) is 12.4. The molecule has 112 valence electrons. The third kappa shape index (κ3) is 4.28. The minimum atomic E-state index is -3.86. The number of sulfonamides is 1. The maximum atomic E-state index is 13.2. The Hall–Kier alpha value is -1.47. The van der Waals surface area contributed by atoms with Gasteiger partial charge >= 0.3 is 5.97 Å². The van der Waals surface area contributed by atoms with Crippen molar-refractivity contribution in [2.45, 2.75) is 38.1 Å². The Kier molecular flexibility index (Phi) is 5.24. The van der Waals surface area contributed by atoms with Gasteiger partial charge in [-0.15, -0.1) is 0 Å². The molecule has 0 saturated heterocycles. The highest BCUT2D eigenvalue weighted by Crippen LogP contribution is 2.16. The lowest BCUT2D eigenvalue weighted by Gasteiger charge is -2.16. The number of rotatable bonds is 6. The van der Waals surface area contributed by atoms with E-state index in [1.54, 1.807) is 6.92 Å². The average Bonchev–Trinajstić information content (AvgIpc) is 2.26. The van der Waals surface area contributed by atoms with Crippen LogP contribution in [0.25, 0.3) is 0 Å². The second-order valence-electron chi connectivity index (χ2n) is 5.10. The first-order valence-electron chi connectivity index (χ1n) is 6.18. The van der Waals surface area contributed by atoms with Crippen molar-refractivity contribution in [3.8, 4) is 0 Å². The molecule has 0 amide bonds. The number of carbonyl (C=O) groups is 1. The summed E-state index contributed by atoms with van der Waals surface area (Å²) in [6.07, 6.45) is 0.645. The largest absolute Gasteiger partial charge is 0.478 e. The van der Waals surface area contributed by atoms with Crippen molar-refractivity contribution < 1.29 is 22.7 Å². The summed E-state index contributed by atoms with van der Waals surface area (Å²) in [6, 6.07) is 2.41. The fourth-order valence-corrected chi connectivity index (χ4v) is 3.21. The maximum Gasteiger partial charge on any atom is 0.338 e. The van der Waals surface area contributed by atoms with Crippen molar-refractivity contribution in [3.63, 3.8) is 0 Å². The van der Waals surface area contributed by atoms with Gasteiger partial charge in [0, 0.05) is 6.04 Å². The van der Waals surface area contributed by atoms with Crippen LogP contribution >= 0.6 is 0 Å². The predicted octanol–water partition coefficient (Wildman–Crippen LogP) is 2.24. The van der Waals surface area contributed by atoms with Crippen LogP contribution in [0.15, 0.2) is 23.1 Å². The van der Waals surface area contributed by atoms with Crippen molar-refractivity contribution in [1.82, 2.24) is 4.72 Å². The van der Waals surface area contributed by atoms with Gasteiger partial charge in [0.05, 0.1) is 10.5 Å². The van der Waals surface area contributed by atoms with Gasteiger partial charge in [-0.05, 0) is 37.5 Å². The first-order valence-corrected chi connectivity index (χ1v) is 7.67. The van der Waals surface area contributed by atoms with Crippen LogP contribution in [0.3, 0.4) is 0 Å². The lowest BCUT2D eigenvalue weighted by Crippen LogP contribution is -2.33. The number of nitrogens with one attached hydrogen (secondary N) is 1. The summed E-state index contributed by atoms with van der Waals surface area (Å²) in [7, 11) is -3.86. The van der Waals surface area contributed by atoms with E-state index in [-0.39, 0.29) is 10.9 Å². The molecule has 20 heavy (non-hydrogen) atoms. The zero-order chi connectivity index (χ0) is 15.5. The minimum absolute atomic E-state index is 0.257. The van der Waals surface area contributed by atoms with Crippen LogP contribution in [0.4, 0.5) is 4.39 Å². The molecule has 0 heterocycles. The van der Waals surface area contributed by atoms with E-state index in [1.165, 1.54) is 0 Å². The molecule has 2 N–H and O–H groups in total. The number of hydrogen-bond acceptors (Lipinski definition) is 3. The molecule has 0 aliphatic carbocycles. The first kappa shape index (κ1) is 16.6. The monoisotopic (exact) mass is 303 g/mol. The van der Waals surface area contributed by atoms with E-state index in [4.69, 9.17) is 5.11 Å². The molecule has 0 aliphatic rings. The Bertz CT molecular complexity index is 598. The number of benzene rings is 1. The smallest absolute Gasteiger partial charge is 0.338 e. The van der Waals surface area contributed by atoms with E-state index in [9.17, 15) is 17.6 Å². The number of carboxylic acids is 1. The van der Waals surface area contributed by atoms with E-state index >= 15 is 0 Å². The predicted molar refractivity (Wildman–Crippen MR) is 72.6 cm³/mol. The van der Waals surface area contributed by atoms with Gasteiger partial charge in [-0.25, -0.2) is 22.3 Å². The summed E-state index contributed by atoms with van der Waals surface area (Å²) in [6.45, 7) is 5.65. The fraction of sp³-hybridized carbons (Fsp3) is 0.462. The molecule has 0 fully saturated rings. The molecule has 1 rings (SSSR count). The van der Waals surface area contributed by atoms with E-state index in [0.717, 1.165) is 18.2 Å². The van der Waals surface area contributed by atoms with Crippen molar-refractivity contribution >= 4 is 16.0 Å². The Labute approximate surface area is 117 Å². The van der Waals surface area contributed by atoms with Crippen LogP contribution in [0, 0.1) is 11.7 Å². The first-order chi connectivity index (χ1) is 9.13. The van der Waals surface area contributed by atoms with E-state index in [1.807, 2.05) is 13.8 Å². The van der Waals surface area contributed by atoms with Gasteiger partial charge in [0.15, 0.2) is 0 Å². The molecule has 7 heteroatoms. The molecule has 1 aromatic carbocycles. The number of carboxylic acid groups (broad SMARTS) is 1. The molecule has 1 unspecified atom stereocenters. The molecule has 0 radical (unpaired) electrons. The minimum Gasteiger partial charge on any atom is -0.478 e. The molecule has 5 nitrogen and oxygen atoms in total. The number of aromatic carboxylic acids is 1. The number of hydrogen-bond donors (Lipinski definition) is 2. The van der Waals surface area contributed by atoms with Crippen LogP contribution in [-0.4, -0.2) is 25.5 Å². The third-order valence-electron chi connectivity index (χ3n) is 2.66. The van der Waals surface area contributed by atoms with Gasteiger partial charge in [-0.1, -0.05) is 13.8 Å². The van der Waals surface area contributed by atoms with Gasteiger partial charge in [-0.3, -0.25) is 0 Å². The summed E-state index contributed by atoms with van der Waals surface area (Å²) >= 11 is 0. The van der Waals surface area contributed by atoms with Gasteiger partial charge in [0.1, 0.15) is 5.82 Å². The van der Waals surface area contributed by atoms with E-state index in [0.29, 0.717) is 12.3 Å². The molecule has 0 spiro atoms. The molecule has 0 bridgehead atoms. The fourth-order valence-electron chi connectivity index (χ4n) is 1.92. The summed E-state index contributed by atoms with van der Waals surface area (Å²) in [5.41, 5.74) is -0.663.